The second-order valence-corrected chi connectivity index (χ2v) is 4.97. The third-order valence-corrected chi connectivity index (χ3v) is 3.48. The molecule has 1 amide bonds. The number of rotatable bonds is 3. The maximum Gasteiger partial charge on any atom is 0.313 e. The van der Waals surface area contributed by atoms with Crippen LogP contribution < -0.4 is 5.32 Å². The van der Waals surface area contributed by atoms with E-state index in [-0.39, 0.29) is 30.3 Å². The Labute approximate surface area is 114 Å². The van der Waals surface area contributed by atoms with Crippen LogP contribution in [-0.4, -0.2) is 46.5 Å². The van der Waals surface area contributed by atoms with Gasteiger partial charge in [-0.15, -0.1) is 0 Å². The summed E-state index contributed by atoms with van der Waals surface area (Å²) in [5, 5.41) is 30.5. The number of carboxylic acid groups (broad SMARTS) is 1. The van der Waals surface area contributed by atoms with Crippen molar-refractivity contribution in [1.82, 2.24) is 5.32 Å². The van der Waals surface area contributed by atoms with Crippen molar-refractivity contribution in [1.29, 1.82) is 0 Å². The van der Waals surface area contributed by atoms with Gasteiger partial charge in [0.15, 0.2) is 0 Å². The van der Waals surface area contributed by atoms with Crippen molar-refractivity contribution in [3.05, 3.63) is 23.8 Å². The minimum absolute atomic E-state index is 0.00877. The van der Waals surface area contributed by atoms with Crippen LogP contribution in [-0.2, 0) is 9.53 Å². The van der Waals surface area contributed by atoms with Gasteiger partial charge in [-0.1, -0.05) is 0 Å². The van der Waals surface area contributed by atoms with E-state index in [9.17, 15) is 19.8 Å². The van der Waals surface area contributed by atoms with Crippen molar-refractivity contribution >= 4 is 11.9 Å². The largest absolute Gasteiger partial charge is 0.508 e. The zero-order valence-electron chi connectivity index (χ0n) is 10.8. The average molecular weight is 281 g/mol. The maximum absolute atomic E-state index is 12.0. The Morgan fingerprint density at radius 3 is 2.70 bits per heavy atom. The first-order valence-corrected chi connectivity index (χ1v) is 5.98. The van der Waals surface area contributed by atoms with E-state index >= 15 is 0 Å². The standard InChI is InChI=1S/C13H15NO6/c1-13(12(18)19)6-20-5-10(13)14-11(17)8-3-2-7(15)4-9(8)16/h2-4,10,15-16H,5-6H2,1H3,(H,14,17)(H,18,19). The Morgan fingerprint density at radius 1 is 1.40 bits per heavy atom. The molecule has 0 spiro atoms. The van der Waals surface area contributed by atoms with Gasteiger partial charge in [0.2, 0.25) is 0 Å². The highest BCUT2D eigenvalue weighted by Crippen LogP contribution is 2.30. The number of carboxylic acids is 1. The Balaban J connectivity index is 2.17. The lowest BCUT2D eigenvalue weighted by Crippen LogP contribution is -2.49. The maximum atomic E-state index is 12.0. The quantitative estimate of drug-likeness (QED) is 0.634. The van der Waals surface area contributed by atoms with Crippen LogP contribution in [0.2, 0.25) is 0 Å². The zero-order valence-corrected chi connectivity index (χ0v) is 10.8. The number of amides is 1. The molecule has 4 N–H and O–H groups in total. The predicted molar refractivity (Wildman–Crippen MR) is 67.6 cm³/mol. The van der Waals surface area contributed by atoms with Gasteiger partial charge in [-0.2, -0.15) is 0 Å². The summed E-state index contributed by atoms with van der Waals surface area (Å²) in [6.45, 7) is 1.59. The Bertz CT molecular complexity index is 558. The lowest BCUT2D eigenvalue weighted by molar-refractivity contribution is -0.148. The molecule has 20 heavy (non-hydrogen) atoms. The fourth-order valence-corrected chi connectivity index (χ4v) is 2.03. The van der Waals surface area contributed by atoms with Gasteiger partial charge in [0.1, 0.15) is 16.9 Å². The number of phenolic OH excluding ortho intramolecular Hbond substituents is 2. The van der Waals surface area contributed by atoms with Crippen molar-refractivity contribution in [3.8, 4) is 11.5 Å². The third kappa shape index (κ3) is 2.39. The summed E-state index contributed by atoms with van der Waals surface area (Å²) in [6.07, 6.45) is 0. The van der Waals surface area contributed by atoms with Crippen LogP contribution in [0.25, 0.3) is 0 Å². The van der Waals surface area contributed by atoms with Crippen molar-refractivity contribution in [2.45, 2.75) is 13.0 Å². The topological polar surface area (TPSA) is 116 Å². The lowest BCUT2D eigenvalue weighted by atomic mass is 9.85. The highest BCUT2D eigenvalue weighted by Gasteiger charge is 2.47. The number of aromatic hydroxyl groups is 2. The number of hydrogen-bond donors (Lipinski definition) is 4. The molecule has 0 saturated carbocycles. The number of benzene rings is 1. The summed E-state index contributed by atoms with van der Waals surface area (Å²) in [5.74, 6) is -2.22. The summed E-state index contributed by atoms with van der Waals surface area (Å²) in [4.78, 5) is 23.3. The van der Waals surface area contributed by atoms with E-state index in [1.54, 1.807) is 0 Å². The van der Waals surface area contributed by atoms with Crippen molar-refractivity contribution in [2.75, 3.05) is 13.2 Å². The van der Waals surface area contributed by atoms with Gasteiger partial charge >= 0.3 is 5.97 Å². The molecule has 1 aromatic rings. The summed E-state index contributed by atoms with van der Waals surface area (Å²) < 4.78 is 5.12. The highest BCUT2D eigenvalue weighted by molar-refractivity contribution is 5.97. The molecule has 0 aliphatic carbocycles. The van der Waals surface area contributed by atoms with E-state index in [2.05, 4.69) is 5.32 Å². The van der Waals surface area contributed by atoms with Gasteiger partial charge in [-0.25, -0.2) is 0 Å². The van der Waals surface area contributed by atoms with Gasteiger partial charge in [0, 0.05) is 6.07 Å². The number of nitrogens with one attached hydrogen (secondary N) is 1. The fourth-order valence-electron chi connectivity index (χ4n) is 2.03. The molecule has 1 heterocycles. The smallest absolute Gasteiger partial charge is 0.313 e. The van der Waals surface area contributed by atoms with Gasteiger partial charge in [0.25, 0.3) is 5.91 Å². The molecule has 0 aromatic heterocycles. The minimum atomic E-state index is -1.21. The van der Waals surface area contributed by atoms with Crippen LogP contribution in [0.4, 0.5) is 0 Å². The molecule has 2 rings (SSSR count). The molecule has 2 atom stereocenters. The van der Waals surface area contributed by atoms with E-state index in [4.69, 9.17) is 9.84 Å². The second kappa shape index (κ2) is 5.01. The molecule has 2 unspecified atom stereocenters. The highest BCUT2D eigenvalue weighted by atomic mass is 16.5. The van der Waals surface area contributed by atoms with Gasteiger partial charge in [0.05, 0.1) is 24.8 Å². The Hall–Kier alpha value is -2.28. The van der Waals surface area contributed by atoms with Gasteiger partial charge in [-0.3, -0.25) is 9.59 Å². The summed E-state index contributed by atoms with van der Waals surface area (Å²) >= 11 is 0. The van der Waals surface area contributed by atoms with Crippen LogP contribution in [0.5, 0.6) is 11.5 Å². The normalized spacial score (nSPS) is 25.4. The molecular formula is C13H15NO6. The molecule has 1 aliphatic heterocycles. The molecule has 0 bridgehead atoms. The summed E-state index contributed by atoms with van der Waals surface area (Å²) in [5.41, 5.74) is -1.25. The fraction of sp³-hybridized carbons (Fsp3) is 0.385. The number of ether oxygens (including phenoxy) is 1. The van der Waals surface area contributed by atoms with E-state index in [0.717, 1.165) is 6.07 Å². The van der Waals surface area contributed by atoms with Crippen LogP contribution in [0, 0.1) is 5.41 Å². The van der Waals surface area contributed by atoms with Crippen molar-refractivity contribution < 1.29 is 29.6 Å². The minimum Gasteiger partial charge on any atom is -0.508 e. The number of carbonyl (C=O) groups is 2. The molecule has 1 aromatic carbocycles. The predicted octanol–water partition coefficient (Wildman–Crippen LogP) is 0.317. The Morgan fingerprint density at radius 2 is 2.10 bits per heavy atom. The van der Waals surface area contributed by atoms with Gasteiger partial charge in [-0.05, 0) is 19.1 Å². The molecule has 108 valence electrons. The number of phenols is 2. The Kier molecular flexibility index (Phi) is 3.54. The van der Waals surface area contributed by atoms with Gasteiger partial charge < -0.3 is 25.4 Å². The molecule has 1 fully saturated rings. The first-order valence-electron chi connectivity index (χ1n) is 5.98. The molecule has 0 radical (unpaired) electrons. The van der Waals surface area contributed by atoms with Crippen molar-refractivity contribution in [2.24, 2.45) is 5.41 Å². The number of aliphatic carboxylic acids is 1. The number of hydrogen-bond acceptors (Lipinski definition) is 5. The summed E-state index contributed by atoms with van der Waals surface area (Å²) in [6, 6.07) is 2.86. The average Bonchev–Trinajstić information content (AvgIpc) is 2.72. The van der Waals surface area contributed by atoms with Crippen LogP contribution >= 0.6 is 0 Å². The van der Waals surface area contributed by atoms with E-state index in [1.165, 1.54) is 19.1 Å². The first-order chi connectivity index (χ1) is 9.34. The number of carbonyl (C=O) groups excluding carboxylic acids is 1. The van der Waals surface area contributed by atoms with Crippen LogP contribution in [0.3, 0.4) is 0 Å². The van der Waals surface area contributed by atoms with Crippen LogP contribution in [0.1, 0.15) is 17.3 Å². The SMILES string of the molecule is CC1(C(=O)O)COCC1NC(=O)c1ccc(O)cc1O. The first kappa shape index (κ1) is 14.1. The second-order valence-electron chi connectivity index (χ2n) is 4.97. The monoisotopic (exact) mass is 281 g/mol. The summed E-state index contributed by atoms with van der Waals surface area (Å²) in [7, 11) is 0. The molecular weight excluding hydrogens is 266 g/mol. The third-order valence-electron chi connectivity index (χ3n) is 3.48. The van der Waals surface area contributed by atoms with Crippen LogP contribution in [0.15, 0.2) is 18.2 Å². The molecule has 7 nitrogen and oxygen atoms in total. The van der Waals surface area contributed by atoms with Crippen molar-refractivity contribution in [3.63, 3.8) is 0 Å². The molecule has 1 saturated heterocycles. The molecule has 7 heteroatoms. The zero-order chi connectivity index (χ0) is 14.9. The van der Waals surface area contributed by atoms with E-state index in [0.29, 0.717) is 0 Å². The molecule has 1 aliphatic rings. The van der Waals surface area contributed by atoms with E-state index in [1.807, 2.05) is 0 Å². The lowest BCUT2D eigenvalue weighted by Gasteiger charge is -2.25. The van der Waals surface area contributed by atoms with E-state index < -0.39 is 23.3 Å².